The third kappa shape index (κ3) is 4.72. The van der Waals surface area contributed by atoms with Crippen molar-refractivity contribution in [3.63, 3.8) is 0 Å². The molecule has 0 aromatic rings. The molecule has 0 aromatic carbocycles. The fraction of sp³-hybridized carbons (Fsp3) is 0.882. The predicted octanol–water partition coefficient (Wildman–Crippen LogP) is 3.35. The van der Waals surface area contributed by atoms with E-state index in [4.69, 9.17) is 5.11 Å². The van der Waals surface area contributed by atoms with Crippen LogP contribution in [0, 0.1) is 17.8 Å². The molecule has 0 bridgehead atoms. The monoisotopic (exact) mass is 295 g/mol. The lowest BCUT2D eigenvalue weighted by Crippen LogP contribution is -2.38. The Labute approximate surface area is 127 Å². The zero-order valence-corrected chi connectivity index (χ0v) is 13.1. The number of rotatable bonds is 6. The zero-order valence-electron chi connectivity index (χ0n) is 13.1. The van der Waals surface area contributed by atoms with Crippen LogP contribution in [-0.4, -0.2) is 23.0 Å². The molecule has 0 heterocycles. The van der Waals surface area contributed by atoms with Crippen LogP contribution in [-0.2, 0) is 9.59 Å². The van der Waals surface area contributed by atoms with E-state index in [1.54, 1.807) is 0 Å². The van der Waals surface area contributed by atoms with Crippen molar-refractivity contribution in [2.75, 3.05) is 0 Å². The molecule has 4 nitrogen and oxygen atoms in total. The number of carbonyl (C=O) groups is 2. The van der Waals surface area contributed by atoms with Crippen molar-refractivity contribution in [1.29, 1.82) is 0 Å². The Hall–Kier alpha value is -1.06. The summed E-state index contributed by atoms with van der Waals surface area (Å²) >= 11 is 0. The molecular weight excluding hydrogens is 266 g/mol. The van der Waals surface area contributed by atoms with Gasteiger partial charge >= 0.3 is 5.97 Å². The van der Waals surface area contributed by atoms with Gasteiger partial charge in [0.2, 0.25) is 5.91 Å². The van der Waals surface area contributed by atoms with Crippen LogP contribution in [0.3, 0.4) is 0 Å². The van der Waals surface area contributed by atoms with E-state index in [2.05, 4.69) is 12.2 Å². The Morgan fingerprint density at radius 1 is 1.14 bits per heavy atom. The van der Waals surface area contributed by atoms with E-state index in [0.29, 0.717) is 18.8 Å². The van der Waals surface area contributed by atoms with Crippen molar-refractivity contribution in [2.45, 2.75) is 77.2 Å². The molecule has 2 aliphatic rings. The smallest absolute Gasteiger partial charge is 0.306 e. The van der Waals surface area contributed by atoms with Crippen LogP contribution in [0.2, 0.25) is 0 Å². The molecule has 2 saturated carbocycles. The van der Waals surface area contributed by atoms with E-state index >= 15 is 0 Å². The Kier molecular flexibility index (Phi) is 6.07. The fourth-order valence-corrected chi connectivity index (χ4v) is 3.94. The Balaban J connectivity index is 1.78. The van der Waals surface area contributed by atoms with Crippen molar-refractivity contribution in [2.24, 2.45) is 17.8 Å². The molecule has 4 heteroatoms. The number of amides is 1. The van der Waals surface area contributed by atoms with Gasteiger partial charge in [-0.05, 0) is 38.0 Å². The molecule has 2 fully saturated rings. The summed E-state index contributed by atoms with van der Waals surface area (Å²) < 4.78 is 0. The second-order valence-corrected chi connectivity index (χ2v) is 6.90. The molecule has 0 radical (unpaired) electrons. The molecule has 2 N–H and O–H groups in total. The number of hydrogen-bond acceptors (Lipinski definition) is 2. The molecule has 0 saturated heterocycles. The van der Waals surface area contributed by atoms with E-state index in [1.807, 2.05) is 0 Å². The number of carbonyl (C=O) groups excluding carboxylic acids is 1. The van der Waals surface area contributed by atoms with E-state index in [1.165, 1.54) is 32.1 Å². The van der Waals surface area contributed by atoms with Gasteiger partial charge in [0, 0.05) is 12.0 Å². The minimum atomic E-state index is -0.721. The quantitative estimate of drug-likeness (QED) is 0.789. The summed E-state index contributed by atoms with van der Waals surface area (Å²) in [5.74, 6) is -0.0180. The number of nitrogens with one attached hydrogen (secondary N) is 1. The average Bonchev–Trinajstić information content (AvgIpc) is 2.94. The average molecular weight is 295 g/mol. The first kappa shape index (κ1) is 16.3. The van der Waals surface area contributed by atoms with Crippen LogP contribution < -0.4 is 5.32 Å². The molecule has 1 unspecified atom stereocenters. The third-order valence-electron chi connectivity index (χ3n) is 5.33. The van der Waals surface area contributed by atoms with Gasteiger partial charge in [0.05, 0.1) is 5.92 Å². The Bertz CT molecular complexity index is 363. The summed E-state index contributed by atoms with van der Waals surface area (Å²) in [7, 11) is 0. The standard InChI is InChI=1S/C17H29NO3/c1-2-13(10-12-6-4-3-5-7-12)16(19)18-15-9-8-14(11-15)17(20)21/h12-15H,2-11H2,1H3,(H,18,19)(H,20,21)/t13?,14-,15+/m0/s1. The number of aliphatic carboxylic acids is 1. The zero-order chi connectivity index (χ0) is 15.2. The van der Waals surface area contributed by atoms with Crippen molar-refractivity contribution >= 4 is 11.9 Å². The summed E-state index contributed by atoms with van der Waals surface area (Å²) in [6.45, 7) is 2.09. The highest BCUT2D eigenvalue weighted by Gasteiger charge is 2.32. The minimum absolute atomic E-state index is 0.0685. The second kappa shape index (κ2) is 7.81. The Morgan fingerprint density at radius 3 is 2.43 bits per heavy atom. The van der Waals surface area contributed by atoms with Gasteiger partial charge < -0.3 is 10.4 Å². The van der Waals surface area contributed by atoms with Gasteiger partial charge in [-0.3, -0.25) is 9.59 Å². The lowest BCUT2D eigenvalue weighted by molar-refractivity contribution is -0.141. The van der Waals surface area contributed by atoms with Gasteiger partial charge in [-0.15, -0.1) is 0 Å². The largest absolute Gasteiger partial charge is 0.481 e. The summed E-state index contributed by atoms with van der Waals surface area (Å²) in [6, 6.07) is 0.0685. The fourth-order valence-electron chi connectivity index (χ4n) is 3.94. The van der Waals surface area contributed by atoms with Crippen LogP contribution in [0.1, 0.15) is 71.1 Å². The summed E-state index contributed by atoms with van der Waals surface area (Å²) in [4.78, 5) is 23.4. The molecule has 3 atom stereocenters. The third-order valence-corrected chi connectivity index (χ3v) is 5.33. The minimum Gasteiger partial charge on any atom is -0.481 e. The van der Waals surface area contributed by atoms with Gasteiger partial charge in [0.1, 0.15) is 0 Å². The van der Waals surface area contributed by atoms with Crippen molar-refractivity contribution in [3.8, 4) is 0 Å². The lowest BCUT2D eigenvalue weighted by atomic mass is 9.81. The van der Waals surface area contributed by atoms with E-state index in [-0.39, 0.29) is 23.8 Å². The van der Waals surface area contributed by atoms with Crippen molar-refractivity contribution in [1.82, 2.24) is 5.32 Å². The maximum Gasteiger partial charge on any atom is 0.306 e. The first-order chi connectivity index (χ1) is 10.1. The number of carboxylic acids is 1. The van der Waals surface area contributed by atoms with Gasteiger partial charge in [0.15, 0.2) is 0 Å². The maximum atomic E-state index is 12.4. The van der Waals surface area contributed by atoms with Crippen LogP contribution in [0.25, 0.3) is 0 Å². The molecule has 120 valence electrons. The topological polar surface area (TPSA) is 66.4 Å². The summed E-state index contributed by atoms with van der Waals surface area (Å²) in [6.07, 6.45) is 10.5. The summed E-state index contributed by atoms with van der Waals surface area (Å²) in [5.41, 5.74) is 0. The maximum absolute atomic E-state index is 12.4. The first-order valence-corrected chi connectivity index (χ1v) is 8.63. The SMILES string of the molecule is CCC(CC1CCCCC1)C(=O)N[C@@H]1CC[C@H](C(=O)O)C1. The highest BCUT2D eigenvalue weighted by atomic mass is 16.4. The molecule has 2 rings (SSSR count). The Morgan fingerprint density at radius 2 is 1.86 bits per heavy atom. The predicted molar refractivity (Wildman–Crippen MR) is 81.9 cm³/mol. The highest BCUT2D eigenvalue weighted by molar-refractivity contribution is 5.79. The van der Waals surface area contributed by atoms with Gasteiger partial charge in [-0.1, -0.05) is 39.0 Å². The normalized spacial score (nSPS) is 28.2. The van der Waals surface area contributed by atoms with Crippen LogP contribution in [0.5, 0.6) is 0 Å². The van der Waals surface area contributed by atoms with Gasteiger partial charge in [-0.25, -0.2) is 0 Å². The molecular formula is C17H29NO3. The van der Waals surface area contributed by atoms with Crippen molar-refractivity contribution in [3.05, 3.63) is 0 Å². The highest BCUT2D eigenvalue weighted by Crippen LogP contribution is 2.31. The molecule has 21 heavy (non-hydrogen) atoms. The molecule has 2 aliphatic carbocycles. The molecule has 0 spiro atoms. The van der Waals surface area contributed by atoms with E-state index in [0.717, 1.165) is 19.3 Å². The van der Waals surface area contributed by atoms with Crippen LogP contribution in [0.4, 0.5) is 0 Å². The summed E-state index contributed by atoms with van der Waals surface area (Å²) in [5, 5.41) is 12.1. The van der Waals surface area contributed by atoms with Crippen molar-refractivity contribution < 1.29 is 14.7 Å². The number of carboxylic acid groups (broad SMARTS) is 1. The first-order valence-electron chi connectivity index (χ1n) is 8.63. The van der Waals surface area contributed by atoms with Crippen LogP contribution in [0.15, 0.2) is 0 Å². The lowest BCUT2D eigenvalue weighted by Gasteiger charge is -2.26. The van der Waals surface area contributed by atoms with Gasteiger partial charge in [0.25, 0.3) is 0 Å². The molecule has 0 aromatic heterocycles. The van der Waals surface area contributed by atoms with E-state index in [9.17, 15) is 9.59 Å². The molecule has 0 aliphatic heterocycles. The second-order valence-electron chi connectivity index (χ2n) is 6.90. The van der Waals surface area contributed by atoms with Gasteiger partial charge in [-0.2, -0.15) is 0 Å². The number of hydrogen-bond donors (Lipinski definition) is 2. The van der Waals surface area contributed by atoms with Crippen LogP contribution >= 0.6 is 0 Å². The molecule has 1 amide bonds. The van der Waals surface area contributed by atoms with E-state index < -0.39 is 5.97 Å².